The highest BCUT2D eigenvalue weighted by molar-refractivity contribution is 7.99. The highest BCUT2D eigenvalue weighted by atomic mass is 35.5. The highest BCUT2D eigenvalue weighted by Crippen LogP contribution is 2.27. The van der Waals surface area contributed by atoms with Gasteiger partial charge in [-0.3, -0.25) is 9.59 Å². The quantitative estimate of drug-likeness (QED) is 0.462. The monoisotopic (exact) mass is 480 g/mol. The molecular weight excluding hydrogens is 451 g/mol. The van der Waals surface area contributed by atoms with Crippen molar-refractivity contribution in [1.29, 1.82) is 0 Å². The van der Waals surface area contributed by atoms with Crippen LogP contribution in [0.2, 0.25) is 10.0 Å². The predicted molar refractivity (Wildman–Crippen MR) is 132 cm³/mol. The minimum atomic E-state index is -0.645. The van der Waals surface area contributed by atoms with Gasteiger partial charge in [0, 0.05) is 33.9 Å². The molecule has 0 saturated heterocycles. The first kappa shape index (κ1) is 25.6. The van der Waals surface area contributed by atoms with E-state index in [0.29, 0.717) is 15.6 Å². The Morgan fingerprint density at radius 1 is 1.06 bits per heavy atom. The maximum absolute atomic E-state index is 13.2. The van der Waals surface area contributed by atoms with E-state index in [2.05, 4.69) is 24.4 Å². The van der Waals surface area contributed by atoms with E-state index in [1.807, 2.05) is 26.0 Å². The van der Waals surface area contributed by atoms with Gasteiger partial charge < -0.3 is 10.2 Å². The molecule has 31 heavy (non-hydrogen) atoms. The van der Waals surface area contributed by atoms with E-state index in [1.54, 1.807) is 30.0 Å². The lowest BCUT2D eigenvalue weighted by molar-refractivity contribution is -0.138. The fourth-order valence-electron chi connectivity index (χ4n) is 3.01. The molecule has 0 spiro atoms. The largest absolute Gasteiger partial charge is 0.352 e. The van der Waals surface area contributed by atoms with Crippen LogP contribution in [-0.4, -0.2) is 34.6 Å². The zero-order valence-corrected chi connectivity index (χ0v) is 20.8. The van der Waals surface area contributed by atoms with Gasteiger partial charge in [0.25, 0.3) is 0 Å². The second-order valence-electron chi connectivity index (χ2n) is 7.63. The van der Waals surface area contributed by atoms with Crippen LogP contribution in [0.4, 0.5) is 0 Å². The highest BCUT2D eigenvalue weighted by Gasteiger charge is 2.28. The van der Waals surface area contributed by atoms with Crippen molar-refractivity contribution in [1.82, 2.24) is 10.2 Å². The molecule has 168 valence electrons. The first-order chi connectivity index (χ1) is 14.7. The molecule has 1 N–H and O–H groups in total. The van der Waals surface area contributed by atoms with Gasteiger partial charge in [0.2, 0.25) is 11.8 Å². The molecule has 7 heteroatoms. The van der Waals surface area contributed by atoms with Crippen molar-refractivity contribution in [2.75, 3.05) is 5.75 Å². The molecule has 0 saturated carbocycles. The number of amides is 2. The topological polar surface area (TPSA) is 49.4 Å². The van der Waals surface area contributed by atoms with Crippen molar-refractivity contribution in [3.05, 3.63) is 69.2 Å². The van der Waals surface area contributed by atoms with Crippen molar-refractivity contribution in [2.45, 2.75) is 58.5 Å². The van der Waals surface area contributed by atoms with Crippen LogP contribution in [0.3, 0.4) is 0 Å². The summed E-state index contributed by atoms with van der Waals surface area (Å²) in [4.78, 5) is 27.5. The summed E-state index contributed by atoms with van der Waals surface area (Å²) in [5.41, 5.74) is 3.04. The van der Waals surface area contributed by atoms with Crippen LogP contribution in [0.15, 0.2) is 42.5 Å². The van der Waals surface area contributed by atoms with Gasteiger partial charge in [0.1, 0.15) is 6.04 Å². The van der Waals surface area contributed by atoms with Crippen LogP contribution in [0.5, 0.6) is 0 Å². The summed E-state index contributed by atoms with van der Waals surface area (Å²) in [7, 11) is 0. The summed E-state index contributed by atoms with van der Waals surface area (Å²) < 4.78 is 0. The zero-order valence-electron chi connectivity index (χ0n) is 18.5. The molecule has 2 aromatic carbocycles. The van der Waals surface area contributed by atoms with Crippen molar-refractivity contribution in [3.8, 4) is 0 Å². The lowest BCUT2D eigenvalue weighted by Crippen LogP contribution is -2.50. The summed E-state index contributed by atoms with van der Waals surface area (Å²) >= 11 is 14.2. The molecule has 0 fully saturated rings. The average Bonchev–Trinajstić information content (AvgIpc) is 2.74. The Labute approximate surface area is 199 Å². The average molecular weight is 481 g/mol. The van der Waals surface area contributed by atoms with Crippen molar-refractivity contribution in [3.63, 3.8) is 0 Å². The summed E-state index contributed by atoms with van der Waals surface area (Å²) in [6.07, 6.45) is 0.815. The van der Waals surface area contributed by atoms with Gasteiger partial charge in [-0.05, 0) is 50.5 Å². The van der Waals surface area contributed by atoms with Crippen LogP contribution in [0.1, 0.15) is 43.9 Å². The van der Waals surface area contributed by atoms with E-state index in [9.17, 15) is 9.59 Å². The molecule has 0 aliphatic rings. The van der Waals surface area contributed by atoms with Gasteiger partial charge in [0.15, 0.2) is 0 Å². The number of halogens is 2. The van der Waals surface area contributed by atoms with Crippen LogP contribution in [0.25, 0.3) is 0 Å². The molecule has 2 atom stereocenters. The maximum Gasteiger partial charge on any atom is 0.242 e. The second-order valence-corrected chi connectivity index (χ2v) is 9.43. The third-order valence-corrected chi connectivity index (χ3v) is 6.98. The standard InChI is InChI=1S/C24H30Cl2N2O2S/c1-5-17(3)27-24(30)18(4)28(13-20-21(25)11-8-12-22(20)26)23(29)15-31-14-19-10-7-6-9-16(19)2/h6-12,17-18H,5,13-15H2,1-4H3,(H,27,30)/t17-,18-/m1/s1. The van der Waals surface area contributed by atoms with Gasteiger partial charge in [0.05, 0.1) is 5.75 Å². The Kier molecular flexibility index (Phi) is 10.2. The minimum absolute atomic E-state index is 0.0336. The summed E-state index contributed by atoms with van der Waals surface area (Å²) in [5.74, 6) is 0.681. The number of aryl methyl sites for hydroxylation is 1. The third kappa shape index (κ3) is 7.44. The van der Waals surface area contributed by atoms with E-state index < -0.39 is 6.04 Å². The van der Waals surface area contributed by atoms with Crippen molar-refractivity contribution < 1.29 is 9.59 Å². The van der Waals surface area contributed by atoms with E-state index >= 15 is 0 Å². The van der Waals surface area contributed by atoms with Crippen LogP contribution in [-0.2, 0) is 21.9 Å². The number of thioether (sulfide) groups is 1. The van der Waals surface area contributed by atoms with Crippen LogP contribution >= 0.6 is 35.0 Å². The molecule has 0 unspecified atom stereocenters. The number of hydrogen-bond acceptors (Lipinski definition) is 3. The number of rotatable bonds is 10. The molecule has 4 nitrogen and oxygen atoms in total. The SMILES string of the molecule is CC[C@@H](C)NC(=O)[C@@H](C)N(Cc1c(Cl)cccc1Cl)C(=O)CSCc1ccccc1C. The first-order valence-corrected chi connectivity index (χ1v) is 12.3. The molecule has 2 aromatic rings. The third-order valence-electron chi connectivity index (χ3n) is 5.30. The number of nitrogens with one attached hydrogen (secondary N) is 1. The zero-order chi connectivity index (χ0) is 23.0. The number of carbonyl (C=O) groups is 2. The molecule has 0 aromatic heterocycles. The Hall–Kier alpha value is -1.69. The smallest absolute Gasteiger partial charge is 0.242 e. The first-order valence-electron chi connectivity index (χ1n) is 10.4. The van der Waals surface area contributed by atoms with Gasteiger partial charge in [-0.1, -0.05) is 60.5 Å². The molecule has 0 bridgehead atoms. The van der Waals surface area contributed by atoms with Gasteiger partial charge in [-0.2, -0.15) is 0 Å². The normalized spacial score (nSPS) is 12.8. The summed E-state index contributed by atoms with van der Waals surface area (Å²) in [5, 5.41) is 3.92. The van der Waals surface area contributed by atoms with Gasteiger partial charge >= 0.3 is 0 Å². The van der Waals surface area contributed by atoms with E-state index in [-0.39, 0.29) is 30.2 Å². The molecule has 2 amide bonds. The van der Waals surface area contributed by atoms with E-state index in [1.165, 1.54) is 22.9 Å². The Balaban J connectivity index is 2.16. The van der Waals surface area contributed by atoms with Crippen molar-refractivity contribution >= 4 is 46.8 Å². The summed E-state index contributed by atoms with van der Waals surface area (Å²) in [6, 6.07) is 12.8. The van der Waals surface area contributed by atoms with E-state index in [0.717, 1.165) is 12.2 Å². The maximum atomic E-state index is 13.2. The predicted octanol–water partition coefficient (Wildman–Crippen LogP) is 5.87. The molecule has 0 heterocycles. The molecule has 2 rings (SSSR count). The lowest BCUT2D eigenvalue weighted by Gasteiger charge is -2.30. The fourth-order valence-corrected chi connectivity index (χ4v) is 4.51. The van der Waals surface area contributed by atoms with E-state index in [4.69, 9.17) is 23.2 Å². The number of benzene rings is 2. The number of nitrogens with zero attached hydrogens (tertiary/aromatic N) is 1. The number of hydrogen-bond donors (Lipinski definition) is 1. The molecule has 0 aliphatic heterocycles. The molecule has 0 radical (unpaired) electrons. The molecular formula is C24H30Cl2N2O2S. The lowest BCUT2D eigenvalue weighted by atomic mass is 10.1. The second kappa shape index (κ2) is 12.4. The number of carbonyl (C=O) groups excluding carboxylic acids is 2. The Morgan fingerprint density at radius 3 is 2.32 bits per heavy atom. The van der Waals surface area contributed by atoms with Gasteiger partial charge in [-0.25, -0.2) is 0 Å². The van der Waals surface area contributed by atoms with Gasteiger partial charge in [-0.15, -0.1) is 11.8 Å². The Bertz CT molecular complexity index is 887. The Morgan fingerprint density at radius 2 is 1.71 bits per heavy atom. The fraction of sp³-hybridized carbons (Fsp3) is 0.417. The van der Waals surface area contributed by atoms with Crippen LogP contribution < -0.4 is 5.32 Å². The minimum Gasteiger partial charge on any atom is -0.352 e. The molecule has 0 aliphatic carbocycles. The van der Waals surface area contributed by atoms with Crippen molar-refractivity contribution in [2.24, 2.45) is 0 Å². The summed E-state index contributed by atoms with van der Waals surface area (Å²) in [6.45, 7) is 7.93. The van der Waals surface area contributed by atoms with Crippen LogP contribution in [0, 0.1) is 6.92 Å².